The van der Waals surface area contributed by atoms with Crippen molar-refractivity contribution in [2.45, 2.75) is 24.3 Å². The molecule has 1 atom stereocenters. The molecule has 1 aliphatic rings. The molecule has 128 valence electrons. The normalized spacial score (nSPS) is 17.7. The molecule has 8 heteroatoms. The van der Waals surface area contributed by atoms with Crippen molar-refractivity contribution in [1.29, 1.82) is 0 Å². The van der Waals surface area contributed by atoms with E-state index in [0.29, 0.717) is 13.0 Å². The molecule has 7 nitrogen and oxygen atoms in total. The Morgan fingerprint density at radius 1 is 1.30 bits per heavy atom. The van der Waals surface area contributed by atoms with Gasteiger partial charge in [0.2, 0.25) is 15.9 Å². The lowest BCUT2D eigenvalue weighted by Crippen LogP contribution is -2.52. The van der Waals surface area contributed by atoms with Gasteiger partial charge in [0.15, 0.2) is 0 Å². The molecule has 1 fully saturated rings. The molecule has 0 bridgehead atoms. The van der Waals surface area contributed by atoms with Crippen molar-refractivity contribution >= 4 is 15.9 Å². The van der Waals surface area contributed by atoms with Crippen molar-refractivity contribution in [3.63, 3.8) is 0 Å². The number of nitrogens with one attached hydrogen (secondary N) is 2. The van der Waals surface area contributed by atoms with E-state index < -0.39 is 10.0 Å². The van der Waals surface area contributed by atoms with E-state index in [-0.39, 0.29) is 16.8 Å². The van der Waals surface area contributed by atoms with Crippen molar-refractivity contribution in [3.05, 3.63) is 29.8 Å². The third-order valence-corrected chi connectivity index (χ3v) is 4.97. The molecule has 4 N–H and O–H groups in total. The summed E-state index contributed by atoms with van der Waals surface area (Å²) < 4.78 is 22.4. The van der Waals surface area contributed by atoms with Crippen molar-refractivity contribution in [1.82, 2.24) is 15.5 Å². The summed E-state index contributed by atoms with van der Waals surface area (Å²) in [6.07, 6.45) is 0.644. The van der Waals surface area contributed by atoms with Crippen molar-refractivity contribution < 1.29 is 13.2 Å². The second-order valence-corrected chi connectivity index (χ2v) is 7.25. The number of nitrogens with zero attached hydrogens (tertiary/aromatic N) is 1. The van der Waals surface area contributed by atoms with Crippen LogP contribution in [-0.2, 0) is 21.2 Å². The predicted molar refractivity (Wildman–Crippen MR) is 88.4 cm³/mol. The lowest BCUT2D eigenvalue weighted by atomic mass is 10.1. The van der Waals surface area contributed by atoms with E-state index >= 15 is 0 Å². The molecule has 1 aromatic rings. The molecule has 1 aromatic carbocycles. The minimum Gasteiger partial charge on any atom is -0.354 e. The van der Waals surface area contributed by atoms with Gasteiger partial charge in [-0.05, 0) is 31.0 Å². The van der Waals surface area contributed by atoms with E-state index in [1.807, 2.05) is 6.92 Å². The monoisotopic (exact) mass is 340 g/mol. The highest BCUT2D eigenvalue weighted by Gasteiger charge is 2.22. The van der Waals surface area contributed by atoms with Crippen LogP contribution in [0, 0.1) is 0 Å². The molecule has 23 heavy (non-hydrogen) atoms. The zero-order valence-electron chi connectivity index (χ0n) is 13.3. The molecule has 1 heterocycles. The summed E-state index contributed by atoms with van der Waals surface area (Å²) in [5.74, 6) is 0.0213. The summed E-state index contributed by atoms with van der Waals surface area (Å²) in [5, 5.41) is 11.2. The summed E-state index contributed by atoms with van der Waals surface area (Å²) in [6.45, 7) is 6.01. The Kier molecular flexibility index (Phi) is 6.11. The van der Waals surface area contributed by atoms with E-state index in [1.54, 1.807) is 12.1 Å². The number of amides is 1. The zero-order valence-corrected chi connectivity index (χ0v) is 14.1. The van der Waals surface area contributed by atoms with Gasteiger partial charge in [-0.2, -0.15) is 0 Å². The first-order valence-electron chi connectivity index (χ1n) is 7.72. The molecule has 0 radical (unpaired) electrons. The minimum absolute atomic E-state index is 0.0213. The third kappa shape index (κ3) is 5.28. The highest BCUT2D eigenvalue weighted by Crippen LogP contribution is 2.09. The molecule has 1 amide bonds. The van der Waals surface area contributed by atoms with Gasteiger partial charge in [0.1, 0.15) is 0 Å². The van der Waals surface area contributed by atoms with Crippen LogP contribution in [0.4, 0.5) is 0 Å². The molecule has 0 aliphatic carbocycles. The number of nitrogens with two attached hydrogens (primary N) is 1. The summed E-state index contributed by atoms with van der Waals surface area (Å²) in [5.41, 5.74) is 0.951. The van der Waals surface area contributed by atoms with Crippen molar-refractivity contribution in [3.8, 4) is 0 Å². The number of piperazine rings is 1. The average Bonchev–Trinajstić information content (AvgIpc) is 2.54. The molecular formula is C15H24N4O3S. The van der Waals surface area contributed by atoms with Crippen LogP contribution in [0.1, 0.15) is 12.5 Å². The Labute approximate surface area is 137 Å². The van der Waals surface area contributed by atoms with Crippen LogP contribution in [0.5, 0.6) is 0 Å². The number of primary sulfonamides is 1. The van der Waals surface area contributed by atoms with Crippen LogP contribution in [0.25, 0.3) is 0 Å². The molecule has 0 spiro atoms. The maximum atomic E-state index is 12.1. The molecular weight excluding hydrogens is 316 g/mol. The van der Waals surface area contributed by atoms with E-state index in [9.17, 15) is 13.2 Å². The SMILES string of the molecule is CC(C(=O)NCCc1ccc(S(N)(=O)=O)cc1)N1CCNCC1. The summed E-state index contributed by atoms with van der Waals surface area (Å²) in [4.78, 5) is 14.4. The van der Waals surface area contributed by atoms with E-state index in [2.05, 4.69) is 15.5 Å². The summed E-state index contributed by atoms with van der Waals surface area (Å²) in [7, 11) is -3.66. The average molecular weight is 340 g/mol. The van der Waals surface area contributed by atoms with Gasteiger partial charge in [-0.3, -0.25) is 9.69 Å². The first kappa shape index (κ1) is 17.9. The molecule has 0 saturated carbocycles. The smallest absolute Gasteiger partial charge is 0.238 e. The van der Waals surface area contributed by atoms with Gasteiger partial charge in [0.25, 0.3) is 0 Å². The molecule has 1 saturated heterocycles. The Hall–Kier alpha value is -1.48. The maximum absolute atomic E-state index is 12.1. The van der Waals surface area contributed by atoms with Gasteiger partial charge >= 0.3 is 0 Å². The van der Waals surface area contributed by atoms with Gasteiger partial charge in [0, 0.05) is 32.7 Å². The van der Waals surface area contributed by atoms with E-state index in [4.69, 9.17) is 5.14 Å². The Morgan fingerprint density at radius 2 is 1.91 bits per heavy atom. The van der Waals surface area contributed by atoms with E-state index in [0.717, 1.165) is 31.7 Å². The number of rotatable bonds is 6. The Morgan fingerprint density at radius 3 is 2.48 bits per heavy atom. The molecule has 2 rings (SSSR count). The fraction of sp³-hybridized carbons (Fsp3) is 0.533. The largest absolute Gasteiger partial charge is 0.354 e. The standard InChI is InChI=1S/C15H24N4O3S/c1-12(19-10-8-17-9-11-19)15(20)18-7-6-13-2-4-14(5-3-13)23(16,21)22/h2-5,12,17H,6-11H2,1H3,(H,18,20)(H2,16,21,22). The summed E-state index contributed by atoms with van der Waals surface area (Å²) in [6, 6.07) is 6.25. The number of hydrogen-bond donors (Lipinski definition) is 3. The number of hydrogen-bond acceptors (Lipinski definition) is 5. The van der Waals surface area contributed by atoms with Crippen LogP contribution in [0.15, 0.2) is 29.2 Å². The topological polar surface area (TPSA) is 105 Å². The first-order valence-corrected chi connectivity index (χ1v) is 9.27. The lowest BCUT2D eigenvalue weighted by molar-refractivity contribution is -0.126. The van der Waals surface area contributed by atoms with Crippen LogP contribution in [0.2, 0.25) is 0 Å². The second kappa shape index (κ2) is 7.87. The van der Waals surface area contributed by atoms with Crippen LogP contribution >= 0.6 is 0 Å². The summed E-state index contributed by atoms with van der Waals surface area (Å²) >= 11 is 0. The number of carbonyl (C=O) groups is 1. The number of sulfonamides is 1. The minimum atomic E-state index is -3.66. The van der Waals surface area contributed by atoms with Gasteiger partial charge in [-0.1, -0.05) is 12.1 Å². The Bertz CT molecular complexity index is 625. The van der Waals surface area contributed by atoms with Crippen LogP contribution in [-0.4, -0.2) is 58.0 Å². The predicted octanol–water partition coefficient (Wildman–Crippen LogP) is -0.714. The Balaban J connectivity index is 1.78. The molecule has 1 aliphatic heterocycles. The van der Waals surface area contributed by atoms with Crippen LogP contribution < -0.4 is 15.8 Å². The molecule has 0 aromatic heterocycles. The quantitative estimate of drug-likeness (QED) is 0.634. The lowest BCUT2D eigenvalue weighted by Gasteiger charge is -2.31. The highest BCUT2D eigenvalue weighted by atomic mass is 32.2. The second-order valence-electron chi connectivity index (χ2n) is 5.69. The third-order valence-electron chi connectivity index (χ3n) is 4.04. The first-order chi connectivity index (χ1) is 10.9. The number of benzene rings is 1. The van der Waals surface area contributed by atoms with Crippen molar-refractivity contribution in [2.75, 3.05) is 32.7 Å². The molecule has 1 unspecified atom stereocenters. The zero-order chi connectivity index (χ0) is 16.9. The van der Waals surface area contributed by atoms with Gasteiger partial charge in [-0.25, -0.2) is 13.6 Å². The van der Waals surface area contributed by atoms with Gasteiger partial charge in [-0.15, -0.1) is 0 Å². The van der Waals surface area contributed by atoms with Crippen LogP contribution in [0.3, 0.4) is 0 Å². The van der Waals surface area contributed by atoms with Gasteiger partial charge < -0.3 is 10.6 Å². The fourth-order valence-corrected chi connectivity index (χ4v) is 3.07. The maximum Gasteiger partial charge on any atom is 0.238 e. The van der Waals surface area contributed by atoms with Gasteiger partial charge in [0.05, 0.1) is 10.9 Å². The van der Waals surface area contributed by atoms with Crippen molar-refractivity contribution in [2.24, 2.45) is 5.14 Å². The van der Waals surface area contributed by atoms with E-state index in [1.165, 1.54) is 12.1 Å². The highest BCUT2D eigenvalue weighted by molar-refractivity contribution is 7.89. The number of carbonyl (C=O) groups excluding carboxylic acids is 1. The fourth-order valence-electron chi connectivity index (χ4n) is 2.56.